The minimum Gasteiger partial charge on any atom is -0.379 e. The monoisotopic (exact) mass is 326 g/mol. The summed E-state index contributed by atoms with van der Waals surface area (Å²) in [7, 11) is 0. The lowest BCUT2D eigenvalue weighted by Gasteiger charge is -2.34. The molecule has 1 fully saturated rings. The maximum Gasteiger partial charge on any atom is 0.0700 e. The van der Waals surface area contributed by atoms with Crippen LogP contribution in [0.25, 0.3) is 0 Å². The van der Waals surface area contributed by atoms with E-state index in [1.807, 2.05) is 0 Å². The Hall–Kier alpha value is -0.0800. The lowest BCUT2D eigenvalue weighted by atomic mass is 9.72. The number of hydrogen-bond acceptors (Lipinski definition) is 2. The molecule has 0 aromatic carbocycles. The largest absolute Gasteiger partial charge is 0.379 e. The summed E-state index contributed by atoms with van der Waals surface area (Å²) in [5.74, 6) is 3.70. The van der Waals surface area contributed by atoms with Gasteiger partial charge in [-0.3, -0.25) is 0 Å². The van der Waals surface area contributed by atoms with Crippen LogP contribution in [0, 0.1) is 23.7 Å². The van der Waals surface area contributed by atoms with Gasteiger partial charge in [-0.05, 0) is 49.4 Å². The third-order valence-corrected chi connectivity index (χ3v) is 5.73. The van der Waals surface area contributed by atoms with Gasteiger partial charge in [0.15, 0.2) is 0 Å². The van der Waals surface area contributed by atoms with Gasteiger partial charge in [-0.25, -0.2) is 0 Å². The van der Waals surface area contributed by atoms with E-state index < -0.39 is 0 Å². The van der Waals surface area contributed by atoms with Gasteiger partial charge in [0.1, 0.15) is 0 Å². The van der Waals surface area contributed by atoms with Crippen molar-refractivity contribution in [3.05, 3.63) is 0 Å². The van der Waals surface area contributed by atoms with Crippen LogP contribution < -0.4 is 0 Å². The number of ether oxygens (including phenoxy) is 2. The first kappa shape index (κ1) is 21.0. The molecule has 0 aromatic heterocycles. The van der Waals surface area contributed by atoms with Crippen molar-refractivity contribution in [3.8, 4) is 0 Å². The fraction of sp³-hybridized carbons (Fsp3) is 1.00. The van der Waals surface area contributed by atoms with Crippen molar-refractivity contribution in [1.29, 1.82) is 0 Å². The molecule has 0 amide bonds. The first-order valence-corrected chi connectivity index (χ1v) is 10.3. The molecule has 1 saturated carbocycles. The summed E-state index contributed by atoms with van der Waals surface area (Å²) in [6.07, 6.45) is 12.3. The fourth-order valence-corrected chi connectivity index (χ4v) is 4.10. The number of hydrogen-bond donors (Lipinski definition) is 0. The first-order valence-electron chi connectivity index (χ1n) is 10.3. The maximum atomic E-state index is 5.64. The van der Waals surface area contributed by atoms with Gasteiger partial charge in [0.05, 0.1) is 13.2 Å². The third kappa shape index (κ3) is 9.72. The Morgan fingerprint density at radius 1 is 0.870 bits per heavy atom. The fourth-order valence-electron chi connectivity index (χ4n) is 4.10. The molecule has 0 saturated heterocycles. The van der Waals surface area contributed by atoms with Gasteiger partial charge in [-0.2, -0.15) is 0 Å². The van der Waals surface area contributed by atoms with E-state index >= 15 is 0 Å². The van der Waals surface area contributed by atoms with Crippen LogP contribution in [0.5, 0.6) is 0 Å². The molecule has 2 nitrogen and oxygen atoms in total. The molecular weight excluding hydrogens is 284 g/mol. The Labute approximate surface area is 145 Å². The minimum absolute atomic E-state index is 0.750. The minimum atomic E-state index is 0.750. The molecule has 2 heteroatoms. The molecule has 0 radical (unpaired) electrons. The van der Waals surface area contributed by atoms with E-state index in [-0.39, 0.29) is 0 Å². The molecule has 0 spiro atoms. The Bertz CT molecular complexity index is 267. The highest BCUT2D eigenvalue weighted by atomic mass is 16.5. The molecule has 0 N–H and O–H groups in total. The van der Waals surface area contributed by atoms with E-state index in [2.05, 4.69) is 27.7 Å². The SMILES string of the molecule is CCCOCCOCCCC(C)CC[C@H](C)C1CCCCC1C. The van der Waals surface area contributed by atoms with Gasteiger partial charge in [0, 0.05) is 13.2 Å². The van der Waals surface area contributed by atoms with Crippen LogP contribution in [0.2, 0.25) is 0 Å². The van der Waals surface area contributed by atoms with Gasteiger partial charge in [0.2, 0.25) is 0 Å². The van der Waals surface area contributed by atoms with Crippen LogP contribution >= 0.6 is 0 Å². The standard InChI is InChI=1S/C21H42O2/c1-5-14-22-16-17-23-15-8-9-18(2)12-13-20(4)21-11-7-6-10-19(21)3/h18-21H,5-17H2,1-4H3/t18?,19?,20-,21?/m0/s1. The Morgan fingerprint density at radius 3 is 2.26 bits per heavy atom. The van der Waals surface area contributed by atoms with Crippen LogP contribution in [0.3, 0.4) is 0 Å². The van der Waals surface area contributed by atoms with Crippen molar-refractivity contribution in [3.63, 3.8) is 0 Å². The zero-order valence-electron chi connectivity index (χ0n) is 16.3. The highest BCUT2D eigenvalue weighted by Crippen LogP contribution is 2.37. The van der Waals surface area contributed by atoms with Crippen molar-refractivity contribution in [2.75, 3.05) is 26.4 Å². The Balaban J connectivity index is 1.98. The van der Waals surface area contributed by atoms with Gasteiger partial charge in [-0.1, -0.05) is 59.8 Å². The van der Waals surface area contributed by atoms with E-state index in [0.717, 1.165) is 56.5 Å². The van der Waals surface area contributed by atoms with Crippen molar-refractivity contribution in [1.82, 2.24) is 0 Å². The molecule has 3 unspecified atom stereocenters. The third-order valence-electron chi connectivity index (χ3n) is 5.73. The summed E-state index contributed by atoms with van der Waals surface area (Å²) in [5.41, 5.74) is 0. The highest BCUT2D eigenvalue weighted by molar-refractivity contribution is 4.77. The summed E-state index contributed by atoms with van der Waals surface area (Å²) in [6, 6.07) is 0. The predicted octanol–water partition coefficient (Wildman–Crippen LogP) is 6.09. The van der Waals surface area contributed by atoms with Gasteiger partial charge >= 0.3 is 0 Å². The molecular formula is C21H42O2. The van der Waals surface area contributed by atoms with Crippen LogP contribution in [-0.2, 0) is 9.47 Å². The van der Waals surface area contributed by atoms with E-state index in [1.165, 1.54) is 51.4 Å². The number of rotatable bonds is 13. The second kappa shape index (κ2) is 13.2. The average molecular weight is 327 g/mol. The summed E-state index contributed by atoms with van der Waals surface area (Å²) in [5, 5.41) is 0. The lowest BCUT2D eigenvalue weighted by Crippen LogP contribution is -2.23. The van der Waals surface area contributed by atoms with Crippen LogP contribution in [-0.4, -0.2) is 26.4 Å². The molecule has 0 aromatic rings. The summed E-state index contributed by atoms with van der Waals surface area (Å²) < 4.78 is 11.1. The Kier molecular flexibility index (Phi) is 12.1. The second-order valence-corrected chi connectivity index (χ2v) is 7.95. The average Bonchev–Trinajstić information content (AvgIpc) is 2.55. The molecule has 23 heavy (non-hydrogen) atoms. The van der Waals surface area contributed by atoms with E-state index in [1.54, 1.807) is 0 Å². The van der Waals surface area contributed by atoms with Crippen LogP contribution in [0.4, 0.5) is 0 Å². The van der Waals surface area contributed by atoms with Gasteiger partial charge in [-0.15, -0.1) is 0 Å². The van der Waals surface area contributed by atoms with Crippen LogP contribution in [0.1, 0.15) is 85.5 Å². The van der Waals surface area contributed by atoms with E-state index in [9.17, 15) is 0 Å². The zero-order valence-corrected chi connectivity index (χ0v) is 16.3. The predicted molar refractivity (Wildman–Crippen MR) is 99.8 cm³/mol. The van der Waals surface area contributed by atoms with Gasteiger partial charge < -0.3 is 9.47 Å². The van der Waals surface area contributed by atoms with E-state index in [4.69, 9.17) is 9.47 Å². The van der Waals surface area contributed by atoms with E-state index in [0.29, 0.717) is 0 Å². The zero-order chi connectivity index (χ0) is 16.9. The normalized spacial score (nSPS) is 24.5. The highest BCUT2D eigenvalue weighted by Gasteiger charge is 2.26. The molecule has 1 rings (SSSR count). The molecule has 1 aliphatic carbocycles. The van der Waals surface area contributed by atoms with Crippen LogP contribution in [0.15, 0.2) is 0 Å². The van der Waals surface area contributed by atoms with Crippen molar-refractivity contribution in [2.24, 2.45) is 23.7 Å². The van der Waals surface area contributed by atoms with Crippen molar-refractivity contribution in [2.45, 2.75) is 85.5 Å². The van der Waals surface area contributed by atoms with Crippen molar-refractivity contribution >= 4 is 0 Å². The van der Waals surface area contributed by atoms with Crippen molar-refractivity contribution < 1.29 is 9.47 Å². The second-order valence-electron chi connectivity index (χ2n) is 7.95. The lowest BCUT2D eigenvalue weighted by molar-refractivity contribution is 0.0455. The molecule has 0 heterocycles. The Morgan fingerprint density at radius 2 is 1.57 bits per heavy atom. The molecule has 1 aliphatic rings. The summed E-state index contributed by atoms with van der Waals surface area (Å²) in [6.45, 7) is 12.8. The summed E-state index contributed by atoms with van der Waals surface area (Å²) >= 11 is 0. The molecule has 138 valence electrons. The summed E-state index contributed by atoms with van der Waals surface area (Å²) in [4.78, 5) is 0. The topological polar surface area (TPSA) is 18.5 Å². The van der Waals surface area contributed by atoms with Gasteiger partial charge in [0.25, 0.3) is 0 Å². The quantitative estimate of drug-likeness (QED) is 0.381. The molecule has 0 aliphatic heterocycles. The maximum absolute atomic E-state index is 5.64. The molecule has 4 atom stereocenters. The molecule has 0 bridgehead atoms. The smallest absolute Gasteiger partial charge is 0.0700 e. The first-order chi connectivity index (χ1) is 11.1.